The molecule has 1 aliphatic rings. The van der Waals surface area contributed by atoms with E-state index in [-0.39, 0.29) is 24.2 Å². The van der Waals surface area contributed by atoms with Crippen LogP contribution in [0.4, 0.5) is 11.4 Å². The van der Waals surface area contributed by atoms with Gasteiger partial charge in [-0.15, -0.1) is 0 Å². The Labute approximate surface area is 150 Å². The van der Waals surface area contributed by atoms with Crippen LogP contribution in [0, 0.1) is 19.8 Å². The summed E-state index contributed by atoms with van der Waals surface area (Å²) in [5.41, 5.74) is 3.74. The number of carbonyl (C=O) groups excluding carboxylic acids is 2. The van der Waals surface area contributed by atoms with Crippen LogP contribution in [-0.2, 0) is 9.59 Å². The van der Waals surface area contributed by atoms with Crippen LogP contribution >= 0.6 is 15.9 Å². The molecule has 0 radical (unpaired) electrons. The fourth-order valence-electron chi connectivity index (χ4n) is 3.00. The monoisotopic (exact) mass is 386 g/mol. The van der Waals surface area contributed by atoms with Crippen LogP contribution in [0.2, 0.25) is 0 Å². The van der Waals surface area contributed by atoms with Gasteiger partial charge in [0, 0.05) is 28.8 Å². The molecule has 2 aromatic carbocycles. The number of halogens is 1. The van der Waals surface area contributed by atoms with Gasteiger partial charge in [0.25, 0.3) is 0 Å². The molecule has 1 fully saturated rings. The lowest BCUT2D eigenvalue weighted by Crippen LogP contribution is -2.28. The number of benzene rings is 2. The van der Waals surface area contributed by atoms with Gasteiger partial charge in [0.1, 0.15) is 0 Å². The van der Waals surface area contributed by atoms with Crippen molar-refractivity contribution in [2.24, 2.45) is 5.92 Å². The van der Waals surface area contributed by atoms with E-state index in [1.54, 1.807) is 4.90 Å². The first-order valence-electron chi connectivity index (χ1n) is 7.88. The maximum absolute atomic E-state index is 12.5. The summed E-state index contributed by atoms with van der Waals surface area (Å²) >= 11 is 3.52. The van der Waals surface area contributed by atoms with Crippen molar-refractivity contribution in [2.75, 3.05) is 16.8 Å². The Morgan fingerprint density at radius 2 is 1.79 bits per heavy atom. The molecule has 1 heterocycles. The predicted octanol–water partition coefficient (Wildman–Crippen LogP) is 4.06. The van der Waals surface area contributed by atoms with Gasteiger partial charge >= 0.3 is 0 Å². The zero-order valence-corrected chi connectivity index (χ0v) is 15.3. The maximum atomic E-state index is 12.5. The molecule has 2 aromatic rings. The van der Waals surface area contributed by atoms with E-state index >= 15 is 0 Å². The number of amides is 2. The van der Waals surface area contributed by atoms with Crippen LogP contribution in [0.3, 0.4) is 0 Å². The standard InChI is InChI=1S/C19H19BrN2O2/c1-12-8-15(9-13(2)18(12)20)21-19(24)14-10-17(23)22(11-14)16-6-4-3-5-7-16/h3-9,14H,10-11H2,1-2H3,(H,21,24)/t14-/m0/s1. The minimum Gasteiger partial charge on any atom is -0.326 e. The zero-order valence-electron chi connectivity index (χ0n) is 13.7. The van der Waals surface area contributed by atoms with Crippen LogP contribution in [0.15, 0.2) is 46.9 Å². The lowest BCUT2D eigenvalue weighted by molar-refractivity contribution is -0.122. The largest absolute Gasteiger partial charge is 0.326 e. The average molecular weight is 387 g/mol. The van der Waals surface area contributed by atoms with Gasteiger partial charge in [-0.25, -0.2) is 0 Å². The van der Waals surface area contributed by atoms with Gasteiger partial charge in [0.05, 0.1) is 5.92 Å². The van der Waals surface area contributed by atoms with Crippen LogP contribution in [0.1, 0.15) is 17.5 Å². The minimum atomic E-state index is -0.332. The highest BCUT2D eigenvalue weighted by atomic mass is 79.9. The molecule has 0 unspecified atom stereocenters. The van der Waals surface area contributed by atoms with Crippen LogP contribution in [-0.4, -0.2) is 18.4 Å². The molecule has 1 saturated heterocycles. The molecule has 0 bridgehead atoms. The van der Waals surface area contributed by atoms with Crippen molar-refractivity contribution in [3.8, 4) is 0 Å². The summed E-state index contributed by atoms with van der Waals surface area (Å²) in [5, 5.41) is 2.95. The van der Waals surface area contributed by atoms with Gasteiger partial charge in [-0.05, 0) is 49.2 Å². The number of carbonyl (C=O) groups is 2. The molecule has 0 spiro atoms. The summed E-state index contributed by atoms with van der Waals surface area (Å²) in [7, 11) is 0. The molecule has 0 aromatic heterocycles. The van der Waals surface area contributed by atoms with E-state index in [1.165, 1.54) is 0 Å². The fraction of sp³-hybridized carbons (Fsp3) is 0.263. The average Bonchev–Trinajstić information content (AvgIpc) is 2.95. The molecule has 1 atom stereocenters. The van der Waals surface area contributed by atoms with Crippen molar-refractivity contribution >= 4 is 39.1 Å². The van der Waals surface area contributed by atoms with Crippen molar-refractivity contribution in [3.63, 3.8) is 0 Å². The van der Waals surface area contributed by atoms with Crippen molar-refractivity contribution in [2.45, 2.75) is 20.3 Å². The van der Waals surface area contributed by atoms with Gasteiger partial charge in [0.15, 0.2) is 0 Å². The molecular formula is C19H19BrN2O2. The lowest BCUT2D eigenvalue weighted by atomic mass is 10.1. The van der Waals surface area contributed by atoms with Gasteiger partial charge in [-0.2, -0.15) is 0 Å². The smallest absolute Gasteiger partial charge is 0.229 e. The van der Waals surface area contributed by atoms with E-state index in [9.17, 15) is 9.59 Å². The second-order valence-corrected chi connectivity index (χ2v) is 6.95. The molecule has 5 heteroatoms. The minimum absolute atomic E-state index is 0.00971. The number of anilines is 2. The molecule has 4 nitrogen and oxygen atoms in total. The second kappa shape index (κ2) is 6.77. The second-order valence-electron chi connectivity index (χ2n) is 6.15. The fourth-order valence-corrected chi connectivity index (χ4v) is 3.23. The number of para-hydroxylation sites is 1. The number of hydrogen-bond acceptors (Lipinski definition) is 2. The van der Waals surface area contributed by atoms with E-state index in [4.69, 9.17) is 0 Å². The molecule has 24 heavy (non-hydrogen) atoms. The number of aryl methyl sites for hydroxylation is 2. The Morgan fingerprint density at radius 1 is 1.17 bits per heavy atom. The van der Waals surface area contributed by atoms with Crippen molar-refractivity contribution < 1.29 is 9.59 Å². The predicted molar refractivity (Wildman–Crippen MR) is 99.1 cm³/mol. The maximum Gasteiger partial charge on any atom is 0.229 e. The van der Waals surface area contributed by atoms with Crippen LogP contribution < -0.4 is 10.2 Å². The summed E-state index contributed by atoms with van der Waals surface area (Å²) in [5.74, 6) is -0.450. The first-order valence-corrected chi connectivity index (χ1v) is 8.68. The van der Waals surface area contributed by atoms with Gasteiger partial charge in [-0.1, -0.05) is 34.1 Å². The third kappa shape index (κ3) is 3.36. The first-order chi connectivity index (χ1) is 11.5. The Bertz CT molecular complexity index is 766. The van der Waals surface area contributed by atoms with Gasteiger partial charge < -0.3 is 10.2 Å². The van der Waals surface area contributed by atoms with E-state index in [0.717, 1.165) is 27.0 Å². The molecule has 3 rings (SSSR count). The van der Waals surface area contributed by atoms with E-state index in [0.29, 0.717) is 6.54 Å². The topological polar surface area (TPSA) is 49.4 Å². The Hall–Kier alpha value is -2.14. The third-order valence-corrected chi connectivity index (χ3v) is 5.52. The summed E-state index contributed by atoms with van der Waals surface area (Å²) in [6.07, 6.45) is 0.245. The van der Waals surface area contributed by atoms with Crippen molar-refractivity contribution in [1.29, 1.82) is 0 Å². The quantitative estimate of drug-likeness (QED) is 0.864. The number of rotatable bonds is 3. The van der Waals surface area contributed by atoms with Crippen molar-refractivity contribution in [1.82, 2.24) is 0 Å². The van der Waals surface area contributed by atoms with E-state index in [2.05, 4.69) is 21.2 Å². The Kier molecular flexibility index (Phi) is 4.71. The Morgan fingerprint density at radius 3 is 2.42 bits per heavy atom. The van der Waals surface area contributed by atoms with Crippen LogP contribution in [0.5, 0.6) is 0 Å². The number of hydrogen-bond donors (Lipinski definition) is 1. The number of nitrogens with one attached hydrogen (secondary N) is 1. The van der Waals surface area contributed by atoms with Gasteiger partial charge in [0.2, 0.25) is 11.8 Å². The zero-order chi connectivity index (χ0) is 17.3. The van der Waals surface area contributed by atoms with E-state index in [1.807, 2.05) is 56.3 Å². The number of nitrogens with zero attached hydrogens (tertiary/aromatic N) is 1. The normalized spacial score (nSPS) is 17.2. The lowest BCUT2D eigenvalue weighted by Gasteiger charge is -2.17. The molecular weight excluding hydrogens is 368 g/mol. The summed E-state index contributed by atoms with van der Waals surface area (Å²) in [4.78, 5) is 26.5. The highest BCUT2D eigenvalue weighted by Gasteiger charge is 2.35. The summed E-state index contributed by atoms with van der Waals surface area (Å²) in [6.45, 7) is 4.40. The molecule has 0 saturated carbocycles. The van der Waals surface area contributed by atoms with Crippen LogP contribution in [0.25, 0.3) is 0 Å². The molecule has 2 amide bonds. The van der Waals surface area contributed by atoms with Gasteiger partial charge in [-0.3, -0.25) is 9.59 Å². The highest BCUT2D eigenvalue weighted by molar-refractivity contribution is 9.10. The molecule has 0 aliphatic carbocycles. The highest BCUT2D eigenvalue weighted by Crippen LogP contribution is 2.28. The summed E-state index contributed by atoms with van der Waals surface area (Å²) in [6, 6.07) is 13.3. The summed E-state index contributed by atoms with van der Waals surface area (Å²) < 4.78 is 1.05. The SMILES string of the molecule is Cc1cc(NC(=O)[C@H]2CC(=O)N(c3ccccc3)C2)cc(C)c1Br. The molecule has 124 valence electrons. The van der Waals surface area contributed by atoms with Crippen molar-refractivity contribution in [3.05, 3.63) is 58.1 Å². The molecule has 1 N–H and O–H groups in total. The first kappa shape index (κ1) is 16.7. The Balaban J connectivity index is 1.72. The molecule has 1 aliphatic heterocycles. The third-order valence-electron chi connectivity index (χ3n) is 4.27. The van der Waals surface area contributed by atoms with E-state index < -0.39 is 0 Å².